The Balaban J connectivity index is 1.43. The first kappa shape index (κ1) is 24.0. The summed E-state index contributed by atoms with van der Waals surface area (Å²) in [6.45, 7) is 9.22. The molecule has 1 aromatic carbocycles. The average Bonchev–Trinajstić information content (AvgIpc) is 2.85. The summed E-state index contributed by atoms with van der Waals surface area (Å²) in [5.74, 6) is 0.834. The predicted octanol–water partition coefficient (Wildman–Crippen LogP) is 4.76. The molecule has 2 heterocycles. The molecular formula is C28H41N3O2. The first-order chi connectivity index (χ1) is 16.1. The van der Waals surface area contributed by atoms with Crippen LogP contribution in [0.25, 0.3) is 6.08 Å². The number of carbonyl (C=O) groups is 2. The zero-order chi connectivity index (χ0) is 23.3. The van der Waals surface area contributed by atoms with Gasteiger partial charge in [-0.2, -0.15) is 0 Å². The van der Waals surface area contributed by atoms with Gasteiger partial charge in [0.15, 0.2) is 0 Å². The summed E-state index contributed by atoms with van der Waals surface area (Å²) in [6.07, 6.45) is 12.3. The van der Waals surface area contributed by atoms with E-state index in [1.165, 1.54) is 37.7 Å². The molecule has 2 aliphatic heterocycles. The summed E-state index contributed by atoms with van der Waals surface area (Å²) in [6, 6.07) is 8.17. The topological polar surface area (TPSA) is 52.7 Å². The molecule has 1 spiro atoms. The highest BCUT2D eigenvalue weighted by Crippen LogP contribution is 2.36. The van der Waals surface area contributed by atoms with Crippen LogP contribution in [0.3, 0.4) is 0 Å². The van der Waals surface area contributed by atoms with E-state index in [2.05, 4.69) is 48.0 Å². The summed E-state index contributed by atoms with van der Waals surface area (Å²) >= 11 is 0. The van der Waals surface area contributed by atoms with E-state index in [1.54, 1.807) is 0 Å². The molecule has 1 atom stereocenters. The minimum atomic E-state index is -0.668. The number of benzene rings is 1. The molecule has 3 fully saturated rings. The number of nitrogens with one attached hydrogen (secondary N) is 1. The fourth-order valence-corrected chi connectivity index (χ4v) is 6.03. The van der Waals surface area contributed by atoms with E-state index < -0.39 is 5.54 Å². The SMILES string of the molecule is C=Cc1ccc(CN2CCC3(CC2)C(=O)NC(CC2CCCCC2)C(=O)N3CCCC)cc1. The third-order valence-corrected chi connectivity index (χ3v) is 8.14. The van der Waals surface area contributed by atoms with Crippen LogP contribution in [0.2, 0.25) is 0 Å². The standard InChI is InChI=1S/C28H41N3O2/c1-3-5-17-31-26(32)25(20-23-9-7-6-8-10-23)29-27(33)28(31)15-18-30(19-16-28)21-24-13-11-22(4-2)12-14-24/h4,11-14,23,25H,2-3,5-10,15-21H2,1H3,(H,29,33). The van der Waals surface area contributed by atoms with E-state index in [9.17, 15) is 9.59 Å². The van der Waals surface area contributed by atoms with Crippen molar-refractivity contribution < 1.29 is 9.59 Å². The van der Waals surface area contributed by atoms with Crippen LogP contribution in [-0.4, -0.2) is 52.8 Å². The number of unbranched alkanes of at least 4 members (excludes halogenated alkanes) is 1. The minimum Gasteiger partial charge on any atom is -0.342 e. The van der Waals surface area contributed by atoms with Crippen molar-refractivity contribution in [1.82, 2.24) is 15.1 Å². The maximum atomic E-state index is 13.6. The molecule has 5 heteroatoms. The number of carbonyl (C=O) groups excluding carboxylic acids is 2. The Bertz CT molecular complexity index is 820. The Labute approximate surface area is 199 Å². The highest BCUT2D eigenvalue weighted by Gasteiger charge is 2.53. The third kappa shape index (κ3) is 5.34. The fraction of sp³-hybridized carbons (Fsp3) is 0.643. The first-order valence-electron chi connectivity index (χ1n) is 13.1. The molecule has 0 radical (unpaired) electrons. The summed E-state index contributed by atoms with van der Waals surface area (Å²) < 4.78 is 0. The molecule has 1 saturated carbocycles. The first-order valence-corrected chi connectivity index (χ1v) is 13.1. The molecule has 0 aromatic heterocycles. The second kappa shape index (κ2) is 10.9. The van der Waals surface area contributed by atoms with Gasteiger partial charge in [0.2, 0.25) is 11.8 Å². The lowest BCUT2D eigenvalue weighted by Gasteiger charge is -2.52. The summed E-state index contributed by atoms with van der Waals surface area (Å²) in [4.78, 5) is 31.6. The number of amides is 2. The van der Waals surface area contributed by atoms with Crippen LogP contribution in [0.4, 0.5) is 0 Å². The quantitative estimate of drug-likeness (QED) is 0.620. The van der Waals surface area contributed by atoms with E-state index >= 15 is 0 Å². The smallest absolute Gasteiger partial charge is 0.246 e. The van der Waals surface area contributed by atoms with Gasteiger partial charge in [0, 0.05) is 26.2 Å². The molecule has 5 nitrogen and oxygen atoms in total. The van der Waals surface area contributed by atoms with Crippen molar-refractivity contribution in [1.29, 1.82) is 0 Å². The summed E-state index contributed by atoms with van der Waals surface area (Å²) in [7, 11) is 0. The maximum Gasteiger partial charge on any atom is 0.246 e. The average molecular weight is 452 g/mol. The van der Waals surface area contributed by atoms with Gasteiger partial charge in [-0.05, 0) is 42.7 Å². The molecule has 4 rings (SSSR count). The predicted molar refractivity (Wildman–Crippen MR) is 134 cm³/mol. The van der Waals surface area contributed by atoms with Crippen LogP contribution in [0.15, 0.2) is 30.8 Å². The second-order valence-corrected chi connectivity index (χ2v) is 10.4. The van der Waals surface area contributed by atoms with Gasteiger partial charge < -0.3 is 10.2 Å². The Kier molecular flexibility index (Phi) is 7.90. The minimum absolute atomic E-state index is 0.0917. The van der Waals surface area contributed by atoms with E-state index in [1.807, 2.05) is 11.0 Å². The van der Waals surface area contributed by atoms with Crippen molar-refractivity contribution in [3.05, 3.63) is 42.0 Å². The Morgan fingerprint density at radius 1 is 1.09 bits per heavy atom. The molecule has 3 aliphatic rings. The van der Waals surface area contributed by atoms with Crippen LogP contribution in [0.1, 0.15) is 82.3 Å². The van der Waals surface area contributed by atoms with E-state index in [4.69, 9.17) is 0 Å². The van der Waals surface area contributed by atoms with E-state index in [-0.39, 0.29) is 17.9 Å². The van der Waals surface area contributed by atoms with Crippen molar-refractivity contribution in [2.24, 2.45) is 5.92 Å². The van der Waals surface area contributed by atoms with Crippen molar-refractivity contribution in [2.75, 3.05) is 19.6 Å². The lowest BCUT2D eigenvalue weighted by atomic mass is 9.79. The van der Waals surface area contributed by atoms with Crippen molar-refractivity contribution in [2.45, 2.75) is 89.3 Å². The van der Waals surface area contributed by atoms with Gasteiger partial charge in [-0.3, -0.25) is 14.5 Å². The third-order valence-electron chi connectivity index (χ3n) is 8.14. The largest absolute Gasteiger partial charge is 0.342 e. The number of nitrogens with zero attached hydrogens (tertiary/aromatic N) is 2. The lowest BCUT2D eigenvalue weighted by molar-refractivity contribution is -0.162. The van der Waals surface area contributed by atoms with Crippen LogP contribution in [0, 0.1) is 5.92 Å². The summed E-state index contributed by atoms with van der Waals surface area (Å²) in [5, 5.41) is 3.20. The molecular weight excluding hydrogens is 410 g/mol. The van der Waals surface area contributed by atoms with Crippen LogP contribution in [0.5, 0.6) is 0 Å². The summed E-state index contributed by atoms with van der Waals surface area (Å²) in [5.41, 5.74) is 1.73. The molecule has 2 amide bonds. The van der Waals surface area contributed by atoms with Crippen molar-refractivity contribution >= 4 is 17.9 Å². The van der Waals surface area contributed by atoms with Crippen LogP contribution < -0.4 is 5.32 Å². The van der Waals surface area contributed by atoms with Crippen molar-refractivity contribution in [3.63, 3.8) is 0 Å². The van der Waals surface area contributed by atoms with Gasteiger partial charge in [-0.25, -0.2) is 0 Å². The van der Waals surface area contributed by atoms with Gasteiger partial charge in [0.05, 0.1) is 0 Å². The highest BCUT2D eigenvalue weighted by atomic mass is 16.2. The lowest BCUT2D eigenvalue weighted by Crippen LogP contribution is -2.73. The fourth-order valence-electron chi connectivity index (χ4n) is 6.03. The molecule has 33 heavy (non-hydrogen) atoms. The Hall–Kier alpha value is -2.14. The molecule has 1 N–H and O–H groups in total. The molecule has 0 bridgehead atoms. The molecule has 1 aromatic rings. The van der Waals surface area contributed by atoms with Gasteiger partial charge in [0.25, 0.3) is 0 Å². The Morgan fingerprint density at radius 3 is 2.42 bits per heavy atom. The van der Waals surface area contributed by atoms with Crippen LogP contribution in [-0.2, 0) is 16.1 Å². The number of rotatable bonds is 8. The number of piperidine rings is 1. The number of hydrogen-bond donors (Lipinski definition) is 1. The molecule has 1 aliphatic carbocycles. The van der Waals surface area contributed by atoms with Gasteiger partial charge in [0.1, 0.15) is 11.6 Å². The second-order valence-electron chi connectivity index (χ2n) is 10.4. The number of hydrogen-bond acceptors (Lipinski definition) is 3. The van der Waals surface area contributed by atoms with Gasteiger partial charge in [-0.1, -0.05) is 82.4 Å². The van der Waals surface area contributed by atoms with E-state index in [0.29, 0.717) is 12.5 Å². The maximum absolute atomic E-state index is 13.6. The van der Waals surface area contributed by atoms with Crippen LogP contribution >= 0.6 is 0 Å². The van der Waals surface area contributed by atoms with Gasteiger partial charge >= 0.3 is 0 Å². The number of likely N-dealkylation sites (tertiary alicyclic amines) is 1. The highest BCUT2D eigenvalue weighted by molar-refractivity contribution is 6.00. The molecule has 1 unspecified atom stereocenters. The van der Waals surface area contributed by atoms with Gasteiger partial charge in [-0.15, -0.1) is 0 Å². The zero-order valence-electron chi connectivity index (χ0n) is 20.4. The van der Waals surface area contributed by atoms with Crippen molar-refractivity contribution in [3.8, 4) is 0 Å². The number of piperazine rings is 1. The monoisotopic (exact) mass is 451 g/mol. The van der Waals surface area contributed by atoms with E-state index in [0.717, 1.165) is 57.3 Å². The Morgan fingerprint density at radius 2 is 1.79 bits per heavy atom. The molecule has 180 valence electrons. The normalized spacial score (nSPS) is 24.2. The zero-order valence-corrected chi connectivity index (χ0v) is 20.4. The molecule has 2 saturated heterocycles.